The predicted molar refractivity (Wildman–Crippen MR) is 107 cm³/mol. The lowest BCUT2D eigenvalue weighted by molar-refractivity contribution is 0.102. The van der Waals surface area contributed by atoms with Gasteiger partial charge in [0.1, 0.15) is 5.82 Å². The fraction of sp³-hybridized carbons (Fsp3) is 0.250. The van der Waals surface area contributed by atoms with Gasteiger partial charge in [-0.15, -0.1) is 10.2 Å². The third-order valence-corrected chi connectivity index (χ3v) is 5.18. The van der Waals surface area contributed by atoms with Crippen LogP contribution in [0.2, 0.25) is 5.02 Å². The van der Waals surface area contributed by atoms with E-state index in [-0.39, 0.29) is 17.4 Å². The molecule has 7 heteroatoms. The molecule has 3 aromatic rings. The van der Waals surface area contributed by atoms with Crippen LogP contribution in [0.5, 0.6) is 0 Å². The molecular formula is C20H19ClFN3OS. The van der Waals surface area contributed by atoms with Crippen LogP contribution in [-0.4, -0.2) is 26.3 Å². The first-order chi connectivity index (χ1) is 13.0. The van der Waals surface area contributed by atoms with Crippen molar-refractivity contribution in [3.63, 3.8) is 0 Å². The van der Waals surface area contributed by atoms with Gasteiger partial charge in [0.25, 0.3) is 0 Å². The number of hydrogen-bond acceptors (Lipinski definition) is 4. The van der Waals surface area contributed by atoms with Gasteiger partial charge in [-0.05, 0) is 30.2 Å². The summed E-state index contributed by atoms with van der Waals surface area (Å²) in [6, 6.07) is 13.4. The average Bonchev–Trinajstić information content (AvgIpc) is 3.02. The molecule has 1 aromatic heterocycles. The number of halogens is 2. The van der Waals surface area contributed by atoms with Gasteiger partial charge in [0.05, 0.1) is 16.3 Å². The van der Waals surface area contributed by atoms with Gasteiger partial charge >= 0.3 is 0 Å². The van der Waals surface area contributed by atoms with Crippen LogP contribution < -0.4 is 0 Å². The van der Waals surface area contributed by atoms with Crippen molar-refractivity contribution in [3.05, 3.63) is 64.9 Å². The Hall–Kier alpha value is -2.18. The van der Waals surface area contributed by atoms with E-state index >= 15 is 0 Å². The number of Topliss-reactive ketones (excluding diaryl/α,β-unsaturated/α-hetero) is 1. The molecule has 2 aromatic carbocycles. The first-order valence-electron chi connectivity index (χ1n) is 8.56. The second-order valence-electron chi connectivity index (χ2n) is 6.48. The van der Waals surface area contributed by atoms with Crippen molar-refractivity contribution in [2.75, 3.05) is 5.75 Å². The number of nitrogens with zero attached hydrogens (tertiary/aromatic N) is 3. The number of rotatable bonds is 7. The molecule has 27 heavy (non-hydrogen) atoms. The standard InChI is InChI=1S/C20H19ClFN3OS/c1-13(2)11-25-19(15-8-4-6-10-17(15)22)23-24-20(25)27-12-18(26)14-7-3-5-9-16(14)21/h3-10,13H,11-12H2,1-2H3. The predicted octanol–water partition coefficient (Wildman–Crippen LogP) is 5.37. The molecule has 140 valence electrons. The summed E-state index contributed by atoms with van der Waals surface area (Å²) in [5.74, 6) is 0.521. The van der Waals surface area contributed by atoms with E-state index in [1.54, 1.807) is 42.5 Å². The van der Waals surface area contributed by atoms with Crippen LogP contribution in [0, 0.1) is 11.7 Å². The van der Waals surface area contributed by atoms with Gasteiger partial charge in [-0.1, -0.05) is 61.5 Å². The largest absolute Gasteiger partial charge is 0.302 e. The number of aromatic nitrogens is 3. The summed E-state index contributed by atoms with van der Waals surface area (Å²) in [6.45, 7) is 4.75. The maximum Gasteiger partial charge on any atom is 0.191 e. The van der Waals surface area contributed by atoms with E-state index in [0.29, 0.717) is 39.6 Å². The van der Waals surface area contributed by atoms with Crippen LogP contribution in [0.1, 0.15) is 24.2 Å². The van der Waals surface area contributed by atoms with Gasteiger partial charge in [0.15, 0.2) is 16.8 Å². The number of carbonyl (C=O) groups excluding carboxylic acids is 1. The first-order valence-corrected chi connectivity index (χ1v) is 9.92. The van der Waals surface area contributed by atoms with Crippen LogP contribution in [-0.2, 0) is 6.54 Å². The van der Waals surface area contributed by atoms with Crippen molar-refractivity contribution in [2.45, 2.75) is 25.5 Å². The molecule has 0 atom stereocenters. The zero-order valence-corrected chi connectivity index (χ0v) is 16.6. The first kappa shape index (κ1) is 19.6. The third-order valence-electron chi connectivity index (χ3n) is 3.89. The Morgan fingerprint density at radius 1 is 1.15 bits per heavy atom. The van der Waals surface area contributed by atoms with Crippen LogP contribution >= 0.6 is 23.4 Å². The van der Waals surface area contributed by atoms with Gasteiger partial charge in [0, 0.05) is 12.1 Å². The van der Waals surface area contributed by atoms with E-state index in [9.17, 15) is 9.18 Å². The number of benzene rings is 2. The molecule has 0 aliphatic heterocycles. The maximum atomic E-state index is 14.2. The molecule has 3 rings (SSSR count). The lowest BCUT2D eigenvalue weighted by Gasteiger charge is -2.13. The molecule has 0 saturated carbocycles. The fourth-order valence-electron chi connectivity index (χ4n) is 2.66. The van der Waals surface area contributed by atoms with Crippen molar-refractivity contribution < 1.29 is 9.18 Å². The van der Waals surface area contributed by atoms with Gasteiger partial charge in [-0.3, -0.25) is 4.79 Å². The highest BCUT2D eigenvalue weighted by molar-refractivity contribution is 7.99. The Balaban J connectivity index is 1.86. The summed E-state index contributed by atoms with van der Waals surface area (Å²) in [5, 5.41) is 9.40. The van der Waals surface area contributed by atoms with Crippen molar-refractivity contribution in [2.24, 2.45) is 5.92 Å². The van der Waals surface area contributed by atoms with E-state index in [0.717, 1.165) is 0 Å². The molecule has 0 saturated heterocycles. The van der Waals surface area contributed by atoms with E-state index in [1.165, 1.54) is 17.8 Å². The zero-order valence-electron chi connectivity index (χ0n) is 15.0. The topological polar surface area (TPSA) is 47.8 Å². The SMILES string of the molecule is CC(C)Cn1c(SCC(=O)c2ccccc2Cl)nnc1-c1ccccc1F. The Morgan fingerprint density at radius 3 is 2.56 bits per heavy atom. The van der Waals surface area contributed by atoms with E-state index in [2.05, 4.69) is 24.0 Å². The molecule has 0 spiro atoms. The molecule has 0 fully saturated rings. The summed E-state index contributed by atoms with van der Waals surface area (Å²) < 4.78 is 16.1. The number of thioether (sulfide) groups is 1. The molecule has 1 heterocycles. The molecule has 0 radical (unpaired) electrons. The Kier molecular flexibility index (Phi) is 6.29. The monoisotopic (exact) mass is 403 g/mol. The van der Waals surface area contributed by atoms with Crippen molar-refractivity contribution in [3.8, 4) is 11.4 Å². The highest BCUT2D eigenvalue weighted by Gasteiger charge is 2.19. The van der Waals surface area contributed by atoms with Crippen LogP contribution in [0.15, 0.2) is 53.7 Å². The van der Waals surface area contributed by atoms with Crippen molar-refractivity contribution in [1.82, 2.24) is 14.8 Å². The number of ketones is 1. The summed E-state index contributed by atoms with van der Waals surface area (Å²) >= 11 is 7.38. The summed E-state index contributed by atoms with van der Waals surface area (Å²) in [6.07, 6.45) is 0. The number of carbonyl (C=O) groups is 1. The maximum absolute atomic E-state index is 14.2. The lowest BCUT2D eigenvalue weighted by Crippen LogP contribution is -2.10. The molecular weight excluding hydrogens is 385 g/mol. The van der Waals surface area contributed by atoms with Gasteiger partial charge in [-0.2, -0.15) is 0 Å². The van der Waals surface area contributed by atoms with E-state index in [4.69, 9.17) is 11.6 Å². The summed E-state index contributed by atoms with van der Waals surface area (Å²) in [4.78, 5) is 12.5. The highest BCUT2D eigenvalue weighted by Crippen LogP contribution is 2.28. The normalized spacial score (nSPS) is 11.1. The molecule has 0 amide bonds. The van der Waals surface area contributed by atoms with Crippen molar-refractivity contribution in [1.29, 1.82) is 0 Å². The van der Waals surface area contributed by atoms with Gasteiger partial charge < -0.3 is 4.57 Å². The summed E-state index contributed by atoms with van der Waals surface area (Å²) in [5.41, 5.74) is 0.880. The minimum atomic E-state index is -0.349. The minimum Gasteiger partial charge on any atom is -0.302 e. The van der Waals surface area contributed by atoms with Crippen LogP contribution in [0.25, 0.3) is 11.4 Å². The molecule has 0 aliphatic rings. The van der Waals surface area contributed by atoms with Crippen LogP contribution in [0.3, 0.4) is 0 Å². The van der Waals surface area contributed by atoms with E-state index < -0.39 is 0 Å². The lowest BCUT2D eigenvalue weighted by atomic mass is 10.1. The highest BCUT2D eigenvalue weighted by atomic mass is 35.5. The fourth-order valence-corrected chi connectivity index (χ4v) is 3.73. The molecule has 0 unspecified atom stereocenters. The second-order valence-corrected chi connectivity index (χ2v) is 7.83. The zero-order chi connectivity index (χ0) is 19.4. The van der Waals surface area contributed by atoms with Crippen LogP contribution in [0.4, 0.5) is 4.39 Å². The van der Waals surface area contributed by atoms with Crippen molar-refractivity contribution >= 4 is 29.1 Å². The Morgan fingerprint density at radius 2 is 1.85 bits per heavy atom. The molecule has 0 N–H and O–H groups in total. The second kappa shape index (κ2) is 8.67. The minimum absolute atomic E-state index is 0.0860. The Bertz CT molecular complexity index is 958. The molecule has 0 aliphatic carbocycles. The summed E-state index contributed by atoms with van der Waals surface area (Å²) in [7, 11) is 0. The van der Waals surface area contributed by atoms with Gasteiger partial charge in [0.2, 0.25) is 0 Å². The van der Waals surface area contributed by atoms with E-state index in [1.807, 2.05) is 4.57 Å². The molecule has 4 nitrogen and oxygen atoms in total. The quantitative estimate of drug-likeness (QED) is 0.393. The number of hydrogen-bond donors (Lipinski definition) is 0. The average molecular weight is 404 g/mol. The third kappa shape index (κ3) is 4.57. The van der Waals surface area contributed by atoms with Gasteiger partial charge in [-0.25, -0.2) is 4.39 Å². The Labute approximate surface area is 166 Å². The smallest absolute Gasteiger partial charge is 0.191 e. The molecule has 0 bridgehead atoms.